The van der Waals surface area contributed by atoms with Crippen molar-refractivity contribution < 1.29 is 31.8 Å². The molecule has 0 bridgehead atoms. The van der Waals surface area contributed by atoms with E-state index in [2.05, 4.69) is 0 Å². The van der Waals surface area contributed by atoms with Crippen LogP contribution in [0, 0.1) is 0 Å². The molecule has 0 amide bonds. The largest absolute Gasteiger partial charge is 1.00 e. The number of halogens is 1. The van der Waals surface area contributed by atoms with Gasteiger partial charge in [0.05, 0.1) is 9.92 Å². The molecule has 0 radical (unpaired) electrons. The summed E-state index contributed by atoms with van der Waals surface area (Å²) >= 11 is 6.23. The van der Waals surface area contributed by atoms with Gasteiger partial charge in [-0.25, -0.2) is 8.42 Å². The molecular weight excluding hydrogens is 363 g/mol. The molecule has 0 aliphatic carbocycles. The summed E-state index contributed by atoms with van der Waals surface area (Å²) in [5, 5.41) is 6.56. The Hall–Kier alpha value is -1.80. The Morgan fingerprint density at radius 1 is 0.731 bits per heavy atom. The van der Waals surface area contributed by atoms with E-state index in [1.807, 2.05) is 54.6 Å². The van der Waals surface area contributed by atoms with Crippen LogP contribution in [0.4, 0.5) is 0 Å². The second kappa shape index (κ2) is 5.85. The van der Waals surface area contributed by atoms with Gasteiger partial charge in [-0.05, 0) is 43.8 Å². The van der Waals surface area contributed by atoms with Crippen molar-refractivity contribution in [2.75, 3.05) is 0 Å². The van der Waals surface area contributed by atoms with Gasteiger partial charge in [-0.1, -0.05) is 66.2 Å². The van der Waals surface area contributed by atoms with Crippen molar-refractivity contribution in [2.24, 2.45) is 0 Å². The Morgan fingerprint density at radius 3 is 1.88 bits per heavy atom. The maximum absolute atomic E-state index is 12.0. The van der Waals surface area contributed by atoms with Crippen LogP contribution in [0.3, 0.4) is 0 Å². The molecule has 0 spiro atoms. The Kier molecular flexibility index (Phi) is 3.96. The minimum absolute atomic E-state index is 0. The second-order valence-corrected chi connectivity index (χ2v) is 7.85. The first-order chi connectivity index (χ1) is 12.0. The molecule has 5 rings (SSSR count). The molecule has 3 nitrogen and oxygen atoms in total. The third-order valence-electron chi connectivity index (χ3n) is 4.79. The molecule has 0 aliphatic rings. The molecule has 0 saturated carbocycles. The molecule has 6 heteroatoms. The van der Waals surface area contributed by atoms with Crippen molar-refractivity contribution in [2.45, 2.75) is 4.90 Å². The van der Waals surface area contributed by atoms with Crippen LogP contribution in [0.1, 0.15) is 0 Å². The van der Waals surface area contributed by atoms with Crippen molar-refractivity contribution in [1.82, 2.24) is 0 Å². The zero-order valence-electron chi connectivity index (χ0n) is 13.8. The number of fused-ring (bicyclic) bond motifs is 2. The Morgan fingerprint density at radius 2 is 1.27 bits per heavy atom. The minimum atomic E-state index is -4.73. The van der Waals surface area contributed by atoms with Gasteiger partial charge in [-0.3, -0.25) is 0 Å². The summed E-state index contributed by atoms with van der Waals surface area (Å²) in [7, 11) is -4.73. The van der Waals surface area contributed by atoms with Crippen LogP contribution in [0.25, 0.3) is 43.1 Å². The van der Waals surface area contributed by atoms with E-state index in [1.165, 1.54) is 0 Å². The standard InChI is InChI=1S/C20H11ClO3S.Li/c21-16-10-12-6-3-8-14-13-7-1-4-11-5-2-9-15(17(11)13)19(18(12)14)20(16)25(22,23)24;/h1-10H,(H,22,23,24);/q;+1/p-1. The Balaban J connectivity index is 0.00000168. The van der Waals surface area contributed by atoms with Crippen molar-refractivity contribution in [3.8, 4) is 0 Å². The third-order valence-corrected chi connectivity index (χ3v) is 6.12. The topological polar surface area (TPSA) is 57.2 Å². The van der Waals surface area contributed by atoms with Crippen LogP contribution in [-0.4, -0.2) is 13.0 Å². The first-order valence-electron chi connectivity index (χ1n) is 7.70. The van der Waals surface area contributed by atoms with Gasteiger partial charge in [-0.15, -0.1) is 0 Å². The summed E-state index contributed by atoms with van der Waals surface area (Å²) in [5.74, 6) is 0. The normalized spacial score (nSPS) is 12.2. The number of benzene rings is 5. The van der Waals surface area contributed by atoms with Gasteiger partial charge in [0, 0.05) is 5.39 Å². The van der Waals surface area contributed by atoms with E-state index >= 15 is 0 Å². The van der Waals surface area contributed by atoms with Crippen LogP contribution in [0.5, 0.6) is 0 Å². The summed E-state index contributed by atoms with van der Waals surface area (Å²) in [6, 6.07) is 19.0. The van der Waals surface area contributed by atoms with Crippen molar-refractivity contribution in [3.05, 3.63) is 65.7 Å². The third kappa shape index (κ3) is 2.28. The maximum atomic E-state index is 12.0. The zero-order valence-corrected chi connectivity index (χ0v) is 15.4. The molecule has 0 atom stereocenters. The molecule has 0 unspecified atom stereocenters. The van der Waals surface area contributed by atoms with E-state index in [9.17, 15) is 13.0 Å². The molecule has 0 fully saturated rings. The van der Waals surface area contributed by atoms with Gasteiger partial charge >= 0.3 is 18.9 Å². The van der Waals surface area contributed by atoms with E-state index in [4.69, 9.17) is 11.6 Å². The zero-order chi connectivity index (χ0) is 17.3. The van der Waals surface area contributed by atoms with Crippen molar-refractivity contribution in [1.29, 1.82) is 0 Å². The number of rotatable bonds is 1. The van der Waals surface area contributed by atoms with Gasteiger partial charge < -0.3 is 4.55 Å². The fourth-order valence-electron chi connectivity index (χ4n) is 3.90. The first-order valence-corrected chi connectivity index (χ1v) is 9.49. The van der Waals surface area contributed by atoms with Crippen LogP contribution < -0.4 is 18.9 Å². The maximum Gasteiger partial charge on any atom is 1.00 e. The Labute approximate surface area is 166 Å². The molecule has 5 aromatic carbocycles. The quantitative estimate of drug-likeness (QED) is 0.196. The first kappa shape index (κ1) is 17.6. The van der Waals surface area contributed by atoms with Gasteiger partial charge in [0.2, 0.25) is 0 Å². The average Bonchev–Trinajstić information content (AvgIpc) is 2.57. The summed E-state index contributed by atoms with van der Waals surface area (Å²) < 4.78 is 36.0. The summed E-state index contributed by atoms with van der Waals surface area (Å²) in [5.41, 5.74) is 0. The molecule has 26 heavy (non-hydrogen) atoms. The van der Waals surface area contributed by atoms with Crippen LogP contribution in [0.2, 0.25) is 5.02 Å². The van der Waals surface area contributed by atoms with E-state index < -0.39 is 10.1 Å². The van der Waals surface area contributed by atoms with E-state index in [1.54, 1.807) is 6.07 Å². The smallest absolute Gasteiger partial charge is 0.744 e. The molecule has 0 aromatic heterocycles. The fraction of sp³-hybridized carbons (Fsp3) is 0. The molecule has 122 valence electrons. The van der Waals surface area contributed by atoms with Gasteiger partial charge in [0.25, 0.3) is 0 Å². The molecule has 0 N–H and O–H groups in total. The fourth-order valence-corrected chi connectivity index (χ4v) is 5.16. The van der Waals surface area contributed by atoms with E-state index in [-0.39, 0.29) is 28.8 Å². The predicted octanol–water partition coefficient (Wildman–Crippen LogP) is 2.30. The van der Waals surface area contributed by atoms with Gasteiger partial charge in [-0.2, -0.15) is 0 Å². The van der Waals surface area contributed by atoms with Crippen LogP contribution in [-0.2, 0) is 10.1 Å². The van der Waals surface area contributed by atoms with Crippen LogP contribution >= 0.6 is 11.6 Å². The molecule has 0 heterocycles. The average molecular weight is 373 g/mol. The SMILES string of the molecule is O=S(=O)([O-])c1c(Cl)cc2cccc3c4cccc5cccc(c1c23)c54.[Li+]. The summed E-state index contributed by atoms with van der Waals surface area (Å²) in [6.45, 7) is 0. The summed E-state index contributed by atoms with van der Waals surface area (Å²) in [4.78, 5) is -0.337. The summed E-state index contributed by atoms with van der Waals surface area (Å²) in [6.07, 6.45) is 0. The van der Waals surface area contributed by atoms with Crippen LogP contribution in [0.15, 0.2) is 65.6 Å². The number of hydrogen-bond acceptors (Lipinski definition) is 3. The molecular formula is C20H10ClLiO3S. The van der Waals surface area contributed by atoms with Gasteiger partial charge in [0.1, 0.15) is 10.1 Å². The van der Waals surface area contributed by atoms with E-state index in [0.717, 1.165) is 37.7 Å². The predicted molar refractivity (Wildman–Crippen MR) is 101 cm³/mol. The van der Waals surface area contributed by atoms with E-state index in [0.29, 0.717) is 5.39 Å². The Bertz CT molecular complexity index is 1420. The van der Waals surface area contributed by atoms with Crippen molar-refractivity contribution in [3.63, 3.8) is 0 Å². The minimum Gasteiger partial charge on any atom is -0.744 e. The van der Waals surface area contributed by atoms with Crippen molar-refractivity contribution >= 4 is 64.8 Å². The molecule has 0 saturated heterocycles. The molecule has 5 aromatic rings. The monoisotopic (exact) mass is 372 g/mol. The molecule has 0 aliphatic heterocycles. The number of hydrogen-bond donors (Lipinski definition) is 0. The van der Waals surface area contributed by atoms with Gasteiger partial charge in [0.15, 0.2) is 0 Å². The second-order valence-electron chi connectivity index (χ2n) is 6.13.